The molecule has 0 spiro atoms. The van der Waals surface area contributed by atoms with Gasteiger partial charge in [0.25, 0.3) is 0 Å². The number of ether oxygens (including phenoxy) is 1. The van der Waals surface area contributed by atoms with Crippen LogP contribution < -0.4 is 4.74 Å². The summed E-state index contributed by atoms with van der Waals surface area (Å²) in [6.45, 7) is 0. The van der Waals surface area contributed by atoms with Gasteiger partial charge in [-0.1, -0.05) is 12.1 Å². The topological polar surface area (TPSA) is 26.3 Å². The molecule has 2 nitrogen and oxygen atoms in total. The lowest BCUT2D eigenvalue weighted by molar-refractivity contribution is 0.0987. The smallest absolute Gasteiger partial charge is 0.164 e. The standard InChI is InChI=1S/C12H16O2S2/c1-14-10-6-4-5-9(7-10)11(13)8-12(15-2)16-3/h4-7,12H,8H2,1-3H3. The van der Waals surface area contributed by atoms with E-state index in [9.17, 15) is 4.79 Å². The zero-order valence-electron chi connectivity index (χ0n) is 9.73. The molecule has 0 aromatic heterocycles. The summed E-state index contributed by atoms with van der Waals surface area (Å²) in [6.07, 6.45) is 4.62. The van der Waals surface area contributed by atoms with Crippen LogP contribution in [-0.2, 0) is 0 Å². The Balaban J connectivity index is 2.72. The highest BCUT2D eigenvalue weighted by molar-refractivity contribution is 8.16. The van der Waals surface area contributed by atoms with Gasteiger partial charge >= 0.3 is 0 Å². The molecule has 4 heteroatoms. The number of ketones is 1. The van der Waals surface area contributed by atoms with Crippen LogP contribution in [-0.4, -0.2) is 30.0 Å². The maximum Gasteiger partial charge on any atom is 0.164 e. The molecule has 0 aliphatic rings. The molecule has 1 aromatic rings. The normalized spacial score (nSPS) is 10.5. The summed E-state index contributed by atoms with van der Waals surface area (Å²) in [5.41, 5.74) is 0.729. The number of rotatable bonds is 6. The SMILES string of the molecule is COc1cccc(C(=O)CC(SC)SC)c1. The summed E-state index contributed by atoms with van der Waals surface area (Å²) in [5.74, 6) is 0.906. The lowest BCUT2D eigenvalue weighted by Gasteiger charge is -2.10. The highest BCUT2D eigenvalue weighted by atomic mass is 32.2. The van der Waals surface area contributed by atoms with Crippen LogP contribution in [0, 0.1) is 0 Å². The van der Waals surface area contributed by atoms with E-state index in [1.54, 1.807) is 36.7 Å². The first kappa shape index (κ1) is 13.5. The Hall–Kier alpha value is -0.610. The van der Waals surface area contributed by atoms with Gasteiger partial charge in [-0.2, -0.15) is 23.5 Å². The fraction of sp³-hybridized carbons (Fsp3) is 0.417. The number of hydrogen-bond donors (Lipinski definition) is 0. The number of carbonyl (C=O) groups is 1. The van der Waals surface area contributed by atoms with E-state index in [2.05, 4.69) is 0 Å². The van der Waals surface area contributed by atoms with Gasteiger partial charge in [-0.3, -0.25) is 4.79 Å². The van der Waals surface area contributed by atoms with Crippen LogP contribution >= 0.6 is 23.5 Å². The van der Waals surface area contributed by atoms with Gasteiger partial charge in [-0.15, -0.1) is 0 Å². The van der Waals surface area contributed by atoms with Gasteiger partial charge in [0.2, 0.25) is 0 Å². The van der Waals surface area contributed by atoms with Crippen LogP contribution in [0.4, 0.5) is 0 Å². The van der Waals surface area contributed by atoms with E-state index in [1.807, 2.05) is 30.7 Å². The van der Waals surface area contributed by atoms with E-state index >= 15 is 0 Å². The Kier molecular flexibility index (Phi) is 5.77. The highest BCUT2D eigenvalue weighted by Gasteiger charge is 2.13. The van der Waals surface area contributed by atoms with Crippen molar-refractivity contribution in [3.05, 3.63) is 29.8 Å². The third-order valence-corrected chi connectivity index (χ3v) is 4.81. The van der Waals surface area contributed by atoms with Crippen molar-refractivity contribution in [3.63, 3.8) is 0 Å². The van der Waals surface area contributed by atoms with Crippen LogP contribution in [0.5, 0.6) is 5.75 Å². The van der Waals surface area contributed by atoms with Crippen molar-refractivity contribution in [3.8, 4) is 5.75 Å². The lowest BCUT2D eigenvalue weighted by atomic mass is 10.1. The number of carbonyl (C=O) groups excluding carboxylic acids is 1. The predicted octanol–water partition coefficient (Wildman–Crippen LogP) is 3.32. The average molecular weight is 256 g/mol. The summed E-state index contributed by atoms with van der Waals surface area (Å²) < 4.78 is 5.43. The molecule has 0 saturated heterocycles. The van der Waals surface area contributed by atoms with E-state index in [-0.39, 0.29) is 5.78 Å². The van der Waals surface area contributed by atoms with Gasteiger partial charge in [-0.05, 0) is 24.6 Å². The Bertz CT molecular complexity index is 349. The van der Waals surface area contributed by atoms with Crippen LogP contribution in [0.3, 0.4) is 0 Å². The number of methoxy groups -OCH3 is 1. The second kappa shape index (κ2) is 6.86. The fourth-order valence-electron chi connectivity index (χ4n) is 1.33. The zero-order chi connectivity index (χ0) is 12.0. The molecule has 0 aliphatic carbocycles. The van der Waals surface area contributed by atoms with Crippen LogP contribution in [0.1, 0.15) is 16.8 Å². The first-order valence-corrected chi connectivity index (χ1v) is 7.51. The van der Waals surface area contributed by atoms with Gasteiger partial charge in [0.15, 0.2) is 5.78 Å². The largest absolute Gasteiger partial charge is 0.497 e. The number of hydrogen-bond acceptors (Lipinski definition) is 4. The summed E-state index contributed by atoms with van der Waals surface area (Å²) in [4.78, 5) is 12.0. The van der Waals surface area contributed by atoms with E-state index in [4.69, 9.17) is 4.74 Å². The second-order valence-corrected chi connectivity index (χ2v) is 5.64. The van der Waals surface area contributed by atoms with E-state index in [1.165, 1.54) is 0 Å². The molecule has 0 unspecified atom stereocenters. The van der Waals surface area contributed by atoms with Crippen molar-refractivity contribution in [2.24, 2.45) is 0 Å². The third-order valence-electron chi connectivity index (χ3n) is 2.27. The molecular formula is C12H16O2S2. The molecule has 0 N–H and O–H groups in total. The Morgan fingerprint density at radius 3 is 2.62 bits per heavy atom. The Morgan fingerprint density at radius 1 is 1.38 bits per heavy atom. The third kappa shape index (κ3) is 3.76. The minimum Gasteiger partial charge on any atom is -0.497 e. The molecule has 0 bridgehead atoms. The van der Waals surface area contributed by atoms with Crippen molar-refractivity contribution >= 4 is 29.3 Å². The van der Waals surface area contributed by atoms with Gasteiger partial charge in [0.05, 0.1) is 11.7 Å². The van der Waals surface area contributed by atoms with Crippen molar-refractivity contribution < 1.29 is 9.53 Å². The molecule has 16 heavy (non-hydrogen) atoms. The van der Waals surface area contributed by atoms with Gasteiger partial charge in [0, 0.05) is 12.0 Å². The van der Waals surface area contributed by atoms with Crippen molar-refractivity contribution in [1.82, 2.24) is 0 Å². The highest BCUT2D eigenvalue weighted by Crippen LogP contribution is 2.24. The number of thioether (sulfide) groups is 2. The van der Waals surface area contributed by atoms with Crippen LogP contribution in [0.2, 0.25) is 0 Å². The molecule has 0 radical (unpaired) electrons. The first-order chi connectivity index (χ1) is 7.71. The maximum atomic E-state index is 12.0. The number of benzene rings is 1. The average Bonchev–Trinajstić information content (AvgIpc) is 2.35. The van der Waals surface area contributed by atoms with Gasteiger partial charge in [0.1, 0.15) is 5.75 Å². The molecule has 0 fully saturated rings. The maximum absolute atomic E-state index is 12.0. The molecule has 88 valence electrons. The molecule has 1 rings (SSSR count). The van der Waals surface area contributed by atoms with Crippen molar-refractivity contribution in [1.29, 1.82) is 0 Å². The van der Waals surface area contributed by atoms with Crippen LogP contribution in [0.15, 0.2) is 24.3 Å². The second-order valence-electron chi connectivity index (χ2n) is 3.26. The Morgan fingerprint density at radius 2 is 2.06 bits per heavy atom. The van der Waals surface area contributed by atoms with Gasteiger partial charge in [-0.25, -0.2) is 0 Å². The fourth-order valence-corrected chi connectivity index (χ4v) is 2.73. The van der Waals surface area contributed by atoms with E-state index in [0.29, 0.717) is 11.0 Å². The zero-order valence-corrected chi connectivity index (χ0v) is 11.4. The monoisotopic (exact) mass is 256 g/mol. The molecule has 0 heterocycles. The minimum absolute atomic E-state index is 0.174. The lowest BCUT2D eigenvalue weighted by Crippen LogP contribution is -2.07. The molecule has 0 amide bonds. The molecule has 1 aromatic carbocycles. The number of Topliss-reactive ketones (excluding diaryl/α,β-unsaturated/α-hetero) is 1. The van der Waals surface area contributed by atoms with E-state index < -0.39 is 0 Å². The minimum atomic E-state index is 0.174. The summed E-state index contributed by atoms with van der Waals surface area (Å²) in [5, 5.41) is 0. The van der Waals surface area contributed by atoms with Crippen molar-refractivity contribution in [2.75, 3.05) is 19.6 Å². The molecule has 0 saturated carbocycles. The predicted molar refractivity (Wildman–Crippen MR) is 72.8 cm³/mol. The molecular weight excluding hydrogens is 240 g/mol. The summed E-state index contributed by atoms with van der Waals surface area (Å²) in [6, 6.07) is 7.32. The van der Waals surface area contributed by atoms with Gasteiger partial charge < -0.3 is 4.74 Å². The summed E-state index contributed by atoms with van der Waals surface area (Å²) >= 11 is 3.43. The molecule has 0 atom stereocenters. The van der Waals surface area contributed by atoms with Crippen molar-refractivity contribution in [2.45, 2.75) is 11.0 Å². The van der Waals surface area contributed by atoms with E-state index in [0.717, 1.165) is 11.3 Å². The van der Waals surface area contributed by atoms with Crippen LogP contribution in [0.25, 0.3) is 0 Å². The first-order valence-electron chi connectivity index (χ1n) is 4.94. The Labute approximate surface area is 105 Å². The quantitative estimate of drug-likeness (QED) is 0.576. The summed E-state index contributed by atoms with van der Waals surface area (Å²) in [7, 11) is 1.61. The molecule has 0 aliphatic heterocycles.